The Bertz CT molecular complexity index is 917. The molecule has 1 saturated heterocycles. The zero-order chi connectivity index (χ0) is 18.7. The molecule has 0 bridgehead atoms. The van der Waals surface area contributed by atoms with E-state index in [1.165, 1.54) is 18.2 Å². The first-order chi connectivity index (χ1) is 12.4. The van der Waals surface area contributed by atoms with Crippen molar-refractivity contribution >= 4 is 33.2 Å². The van der Waals surface area contributed by atoms with Gasteiger partial charge in [-0.15, -0.1) is 0 Å². The number of hydrogen-bond acceptors (Lipinski definition) is 4. The summed E-state index contributed by atoms with van der Waals surface area (Å²) in [6, 6.07) is 12.6. The second-order valence-corrected chi connectivity index (χ2v) is 8.31. The van der Waals surface area contributed by atoms with Crippen LogP contribution in [0.25, 0.3) is 0 Å². The van der Waals surface area contributed by atoms with Gasteiger partial charge in [-0.1, -0.05) is 23.7 Å². The summed E-state index contributed by atoms with van der Waals surface area (Å²) < 4.78 is 27.8. The Hall–Kier alpha value is -2.09. The van der Waals surface area contributed by atoms with Gasteiger partial charge >= 0.3 is 0 Å². The molecule has 6 nitrogen and oxygen atoms in total. The minimum absolute atomic E-state index is 0.0334. The highest BCUT2D eigenvalue weighted by atomic mass is 35.5. The number of piperazine rings is 1. The van der Waals surface area contributed by atoms with Crippen molar-refractivity contribution in [3.63, 3.8) is 0 Å². The van der Waals surface area contributed by atoms with E-state index in [1.807, 2.05) is 6.92 Å². The molecule has 1 heterocycles. The van der Waals surface area contributed by atoms with Crippen LogP contribution >= 0.6 is 11.6 Å². The van der Waals surface area contributed by atoms with E-state index in [0.29, 0.717) is 22.8 Å². The third kappa shape index (κ3) is 4.17. The van der Waals surface area contributed by atoms with Crippen LogP contribution in [0.15, 0.2) is 53.4 Å². The fourth-order valence-corrected chi connectivity index (χ4v) is 4.16. The van der Waals surface area contributed by atoms with Gasteiger partial charge in [0, 0.05) is 36.3 Å². The highest BCUT2D eigenvalue weighted by Gasteiger charge is 2.25. The van der Waals surface area contributed by atoms with E-state index in [2.05, 4.69) is 10.0 Å². The van der Waals surface area contributed by atoms with Crippen molar-refractivity contribution in [3.05, 3.63) is 59.1 Å². The number of rotatable bonds is 4. The van der Waals surface area contributed by atoms with Crippen molar-refractivity contribution < 1.29 is 13.2 Å². The van der Waals surface area contributed by atoms with Crippen molar-refractivity contribution in [1.82, 2.24) is 10.2 Å². The van der Waals surface area contributed by atoms with Crippen LogP contribution in [0.2, 0.25) is 5.02 Å². The van der Waals surface area contributed by atoms with Gasteiger partial charge in [0.25, 0.3) is 15.9 Å². The summed E-state index contributed by atoms with van der Waals surface area (Å²) in [5, 5.41) is 3.66. The molecule has 0 saturated carbocycles. The summed E-state index contributed by atoms with van der Waals surface area (Å²) in [6.07, 6.45) is 0. The Labute approximate surface area is 158 Å². The molecular weight excluding hydrogens is 374 g/mol. The molecule has 2 aromatic carbocycles. The Morgan fingerprint density at radius 3 is 2.73 bits per heavy atom. The van der Waals surface area contributed by atoms with Gasteiger partial charge < -0.3 is 10.2 Å². The van der Waals surface area contributed by atoms with Gasteiger partial charge in [0.2, 0.25) is 0 Å². The Kier molecular flexibility index (Phi) is 5.50. The molecule has 1 fully saturated rings. The van der Waals surface area contributed by atoms with Crippen LogP contribution in [-0.4, -0.2) is 44.9 Å². The van der Waals surface area contributed by atoms with Gasteiger partial charge in [-0.2, -0.15) is 0 Å². The molecule has 1 amide bonds. The molecule has 2 N–H and O–H groups in total. The van der Waals surface area contributed by atoms with Crippen molar-refractivity contribution in [3.8, 4) is 0 Å². The van der Waals surface area contributed by atoms with Crippen molar-refractivity contribution in [2.75, 3.05) is 24.4 Å². The van der Waals surface area contributed by atoms with Crippen molar-refractivity contribution in [2.45, 2.75) is 17.9 Å². The van der Waals surface area contributed by atoms with E-state index < -0.39 is 10.0 Å². The highest BCUT2D eigenvalue weighted by Crippen LogP contribution is 2.21. The maximum Gasteiger partial charge on any atom is 0.261 e. The molecule has 1 aliphatic heterocycles. The Morgan fingerprint density at radius 1 is 1.23 bits per heavy atom. The van der Waals surface area contributed by atoms with Crippen LogP contribution in [0.5, 0.6) is 0 Å². The molecule has 138 valence electrons. The summed E-state index contributed by atoms with van der Waals surface area (Å²) in [4.78, 5) is 14.5. The normalized spacial score (nSPS) is 17.8. The predicted molar refractivity (Wildman–Crippen MR) is 102 cm³/mol. The van der Waals surface area contributed by atoms with Gasteiger partial charge in [-0.3, -0.25) is 9.52 Å². The summed E-state index contributed by atoms with van der Waals surface area (Å²) in [5.74, 6) is -0.168. The minimum atomic E-state index is -3.82. The van der Waals surface area contributed by atoms with Crippen LogP contribution in [-0.2, 0) is 10.0 Å². The lowest BCUT2D eigenvalue weighted by Crippen LogP contribution is -2.52. The molecule has 0 aliphatic carbocycles. The SMILES string of the molecule is C[C@H]1CNCCN1C(=O)c1cccc(S(=O)(=O)Nc2cccc(Cl)c2)c1. The molecule has 0 unspecified atom stereocenters. The van der Waals surface area contributed by atoms with Crippen LogP contribution in [0.3, 0.4) is 0 Å². The Morgan fingerprint density at radius 2 is 2.00 bits per heavy atom. The zero-order valence-corrected chi connectivity index (χ0v) is 15.8. The first kappa shape index (κ1) is 18.7. The maximum atomic E-state index is 12.8. The summed E-state index contributed by atoms with van der Waals surface area (Å²) in [7, 11) is -3.82. The predicted octanol–water partition coefficient (Wildman–Crippen LogP) is 2.57. The van der Waals surface area contributed by atoms with Crippen LogP contribution in [0, 0.1) is 0 Å². The number of carbonyl (C=O) groups is 1. The zero-order valence-electron chi connectivity index (χ0n) is 14.3. The average Bonchev–Trinajstić information content (AvgIpc) is 2.61. The van der Waals surface area contributed by atoms with Crippen molar-refractivity contribution in [2.24, 2.45) is 0 Å². The lowest BCUT2D eigenvalue weighted by molar-refractivity contribution is 0.0655. The first-order valence-corrected chi connectivity index (χ1v) is 10.1. The molecule has 2 aromatic rings. The lowest BCUT2D eigenvalue weighted by atomic mass is 10.1. The van der Waals surface area contributed by atoms with Crippen LogP contribution in [0.1, 0.15) is 17.3 Å². The third-order valence-electron chi connectivity index (χ3n) is 4.23. The van der Waals surface area contributed by atoms with E-state index in [9.17, 15) is 13.2 Å². The largest absolute Gasteiger partial charge is 0.333 e. The molecule has 0 spiro atoms. The summed E-state index contributed by atoms with van der Waals surface area (Å²) >= 11 is 5.90. The maximum absolute atomic E-state index is 12.8. The van der Waals surface area contributed by atoms with E-state index in [4.69, 9.17) is 11.6 Å². The first-order valence-electron chi connectivity index (χ1n) is 8.27. The standard InChI is InChI=1S/C18H20ClN3O3S/c1-13-12-20-8-9-22(13)18(23)14-4-2-7-17(10-14)26(24,25)21-16-6-3-5-15(19)11-16/h2-7,10-11,13,20-21H,8-9,12H2,1H3/t13-/m0/s1. The van der Waals surface area contributed by atoms with E-state index in [-0.39, 0.29) is 16.8 Å². The number of anilines is 1. The fraction of sp³-hybridized carbons (Fsp3) is 0.278. The van der Waals surface area contributed by atoms with Crippen molar-refractivity contribution in [1.29, 1.82) is 0 Å². The Balaban J connectivity index is 1.85. The van der Waals surface area contributed by atoms with Crippen LogP contribution in [0.4, 0.5) is 5.69 Å². The summed E-state index contributed by atoms with van der Waals surface area (Å²) in [5.41, 5.74) is 0.720. The third-order valence-corrected chi connectivity index (χ3v) is 5.84. The van der Waals surface area contributed by atoms with Gasteiger partial charge in [0.1, 0.15) is 0 Å². The molecule has 3 rings (SSSR count). The van der Waals surface area contributed by atoms with Gasteiger partial charge in [-0.05, 0) is 43.3 Å². The smallest absolute Gasteiger partial charge is 0.261 e. The number of hydrogen-bond donors (Lipinski definition) is 2. The highest BCUT2D eigenvalue weighted by molar-refractivity contribution is 7.92. The van der Waals surface area contributed by atoms with Crippen LogP contribution < -0.4 is 10.0 Å². The van der Waals surface area contributed by atoms with E-state index >= 15 is 0 Å². The number of benzene rings is 2. The lowest BCUT2D eigenvalue weighted by Gasteiger charge is -2.34. The van der Waals surface area contributed by atoms with E-state index in [1.54, 1.807) is 35.2 Å². The number of sulfonamides is 1. The van der Waals surface area contributed by atoms with Gasteiger partial charge in [-0.25, -0.2) is 8.42 Å². The quantitative estimate of drug-likeness (QED) is 0.836. The second kappa shape index (κ2) is 7.65. The number of nitrogens with zero attached hydrogens (tertiary/aromatic N) is 1. The molecule has 0 aromatic heterocycles. The average molecular weight is 394 g/mol. The minimum Gasteiger partial charge on any atom is -0.333 e. The monoisotopic (exact) mass is 393 g/mol. The number of amides is 1. The molecule has 8 heteroatoms. The van der Waals surface area contributed by atoms with Gasteiger partial charge in [0.05, 0.1) is 10.6 Å². The number of carbonyl (C=O) groups excluding carboxylic acids is 1. The second-order valence-electron chi connectivity index (χ2n) is 6.20. The number of nitrogens with one attached hydrogen (secondary N) is 2. The molecule has 1 aliphatic rings. The molecule has 26 heavy (non-hydrogen) atoms. The number of halogens is 1. The van der Waals surface area contributed by atoms with E-state index in [0.717, 1.165) is 13.1 Å². The summed E-state index contributed by atoms with van der Waals surface area (Å²) in [6.45, 7) is 4.01. The molecule has 1 atom stereocenters. The van der Waals surface area contributed by atoms with Gasteiger partial charge in [0.15, 0.2) is 0 Å². The molecular formula is C18H20ClN3O3S. The topological polar surface area (TPSA) is 78.5 Å². The fourth-order valence-electron chi connectivity index (χ4n) is 2.87. The molecule has 0 radical (unpaired) electrons.